The summed E-state index contributed by atoms with van der Waals surface area (Å²) in [4.78, 5) is 15.2. The maximum Gasteiger partial charge on any atom is 0.433 e. The first-order chi connectivity index (χ1) is 12.3. The van der Waals surface area contributed by atoms with E-state index >= 15 is 0 Å². The smallest absolute Gasteiger partial charge is 0.433 e. The average molecular weight is 363 g/mol. The van der Waals surface area contributed by atoms with Gasteiger partial charge < -0.3 is 4.74 Å². The van der Waals surface area contributed by atoms with Gasteiger partial charge in [-0.2, -0.15) is 13.2 Å². The molecule has 0 aliphatic heterocycles. The molecule has 0 saturated heterocycles. The highest BCUT2D eigenvalue weighted by atomic mass is 19.4. The van der Waals surface area contributed by atoms with Crippen molar-refractivity contribution in [2.24, 2.45) is 0 Å². The number of rotatable bonds is 4. The van der Waals surface area contributed by atoms with Gasteiger partial charge >= 0.3 is 6.18 Å². The van der Waals surface area contributed by atoms with Crippen LogP contribution in [0, 0.1) is 5.82 Å². The van der Waals surface area contributed by atoms with Gasteiger partial charge in [0, 0.05) is 22.5 Å². The van der Waals surface area contributed by atoms with E-state index in [2.05, 4.69) is 4.98 Å². The number of ketones is 1. The van der Waals surface area contributed by atoms with Gasteiger partial charge in [0.15, 0.2) is 5.78 Å². The third kappa shape index (κ3) is 3.51. The molecular formula is C19H13F4NO2. The molecule has 3 rings (SSSR count). The molecule has 0 aliphatic carbocycles. The number of fused-ring (bicyclic) bond motifs is 1. The van der Waals surface area contributed by atoms with Crippen molar-refractivity contribution in [1.82, 2.24) is 4.98 Å². The number of hydrogen-bond acceptors (Lipinski definition) is 3. The summed E-state index contributed by atoms with van der Waals surface area (Å²) in [6.45, 7) is 1.24. The highest BCUT2D eigenvalue weighted by molar-refractivity contribution is 6.03. The van der Waals surface area contributed by atoms with Gasteiger partial charge in [0.2, 0.25) is 0 Å². The van der Waals surface area contributed by atoms with Crippen LogP contribution in [0.25, 0.3) is 10.8 Å². The highest BCUT2D eigenvalue weighted by Crippen LogP contribution is 2.33. The number of benzene rings is 2. The van der Waals surface area contributed by atoms with Gasteiger partial charge in [0.1, 0.15) is 23.9 Å². The van der Waals surface area contributed by atoms with E-state index in [1.165, 1.54) is 37.3 Å². The summed E-state index contributed by atoms with van der Waals surface area (Å²) in [5.74, 6) is -0.537. The Morgan fingerprint density at radius 2 is 1.85 bits per heavy atom. The lowest BCUT2D eigenvalue weighted by molar-refractivity contribution is -0.141. The Labute approximate surface area is 146 Å². The van der Waals surface area contributed by atoms with E-state index in [0.717, 1.165) is 12.3 Å². The number of carbonyl (C=O) groups excluding carboxylic acids is 1. The molecule has 134 valence electrons. The highest BCUT2D eigenvalue weighted by Gasteiger charge is 2.32. The van der Waals surface area contributed by atoms with E-state index in [0.29, 0.717) is 10.9 Å². The fourth-order valence-electron chi connectivity index (χ4n) is 2.56. The summed E-state index contributed by atoms with van der Waals surface area (Å²) >= 11 is 0. The van der Waals surface area contributed by atoms with Crippen molar-refractivity contribution >= 4 is 16.6 Å². The first-order valence-corrected chi connectivity index (χ1v) is 7.64. The standard InChI is InChI=1S/C19H13F4NO2/c1-11(25)13-6-7-14-15(3-2-4-16(14)20)18(13)26-10-12-5-8-17(24-9-12)19(21,22)23/h2-9H,10H2,1H3. The topological polar surface area (TPSA) is 39.2 Å². The summed E-state index contributed by atoms with van der Waals surface area (Å²) in [5.41, 5.74) is -0.346. The van der Waals surface area contributed by atoms with Crippen molar-refractivity contribution in [3.8, 4) is 5.75 Å². The van der Waals surface area contributed by atoms with Crippen LogP contribution in [0.2, 0.25) is 0 Å². The van der Waals surface area contributed by atoms with Crippen molar-refractivity contribution in [3.05, 3.63) is 71.3 Å². The monoisotopic (exact) mass is 363 g/mol. The fourth-order valence-corrected chi connectivity index (χ4v) is 2.56. The predicted molar refractivity (Wildman–Crippen MR) is 87.5 cm³/mol. The molecule has 0 amide bonds. The number of ether oxygens (including phenoxy) is 1. The zero-order chi connectivity index (χ0) is 18.9. The first kappa shape index (κ1) is 17.8. The van der Waals surface area contributed by atoms with Crippen LogP contribution < -0.4 is 4.74 Å². The Balaban J connectivity index is 1.94. The van der Waals surface area contributed by atoms with Crippen LogP contribution in [0.3, 0.4) is 0 Å². The number of alkyl halides is 3. The van der Waals surface area contributed by atoms with Crippen molar-refractivity contribution < 1.29 is 27.1 Å². The second-order valence-corrected chi connectivity index (χ2v) is 5.67. The maximum absolute atomic E-state index is 14.0. The van der Waals surface area contributed by atoms with Crippen LogP contribution in [-0.4, -0.2) is 10.8 Å². The van der Waals surface area contributed by atoms with E-state index in [4.69, 9.17) is 4.74 Å². The molecule has 7 heteroatoms. The van der Waals surface area contributed by atoms with Crippen LogP contribution >= 0.6 is 0 Å². The van der Waals surface area contributed by atoms with E-state index in [1.54, 1.807) is 6.07 Å². The third-order valence-electron chi connectivity index (χ3n) is 3.84. The summed E-state index contributed by atoms with van der Waals surface area (Å²) < 4.78 is 57.3. The number of aromatic nitrogens is 1. The van der Waals surface area contributed by atoms with E-state index < -0.39 is 17.7 Å². The summed E-state index contributed by atoms with van der Waals surface area (Å²) in [7, 11) is 0. The van der Waals surface area contributed by atoms with Crippen molar-refractivity contribution in [3.63, 3.8) is 0 Å². The first-order valence-electron chi connectivity index (χ1n) is 7.64. The number of halogens is 4. The Morgan fingerprint density at radius 3 is 2.46 bits per heavy atom. The Kier molecular flexibility index (Phi) is 4.63. The lowest BCUT2D eigenvalue weighted by Crippen LogP contribution is -2.08. The fraction of sp³-hybridized carbons (Fsp3) is 0.158. The molecule has 3 aromatic rings. The van der Waals surface area contributed by atoms with Gasteiger partial charge in [-0.1, -0.05) is 24.3 Å². The molecule has 1 heterocycles. The van der Waals surface area contributed by atoms with Gasteiger partial charge in [0.05, 0.1) is 5.56 Å². The van der Waals surface area contributed by atoms with Crippen molar-refractivity contribution in [2.75, 3.05) is 0 Å². The molecule has 0 spiro atoms. The van der Waals surface area contributed by atoms with Crippen LogP contribution in [0.5, 0.6) is 5.75 Å². The Morgan fingerprint density at radius 1 is 1.08 bits per heavy atom. The summed E-state index contributed by atoms with van der Waals surface area (Å²) in [6, 6.07) is 9.46. The van der Waals surface area contributed by atoms with Crippen LogP contribution in [0.1, 0.15) is 28.5 Å². The molecule has 0 radical (unpaired) electrons. The van der Waals surface area contributed by atoms with Crippen LogP contribution in [0.4, 0.5) is 17.6 Å². The largest absolute Gasteiger partial charge is 0.487 e. The zero-order valence-electron chi connectivity index (χ0n) is 13.6. The predicted octanol–water partition coefficient (Wildman–Crippen LogP) is 5.17. The Hall–Kier alpha value is -2.96. The Bertz CT molecular complexity index is 966. The molecule has 1 aromatic heterocycles. The van der Waals surface area contributed by atoms with Gasteiger partial charge in [-0.3, -0.25) is 9.78 Å². The molecule has 3 nitrogen and oxygen atoms in total. The van der Waals surface area contributed by atoms with E-state index in [9.17, 15) is 22.4 Å². The minimum Gasteiger partial charge on any atom is -0.487 e. The molecular weight excluding hydrogens is 350 g/mol. The number of Topliss-reactive ketones (excluding diaryl/α,β-unsaturated/α-hetero) is 1. The molecule has 26 heavy (non-hydrogen) atoms. The van der Waals surface area contributed by atoms with Gasteiger partial charge in [0.25, 0.3) is 0 Å². The zero-order valence-corrected chi connectivity index (χ0v) is 13.6. The molecule has 0 aliphatic rings. The number of nitrogens with zero attached hydrogens (tertiary/aromatic N) is 1. The second kappa shape index (κ2) is 6.74. The van der Waals surface area contributed by atoms with E-state index in [-0.39, 0.29) is 29.1 Å². The quantitative estimate of drug-likeness (QED) is 0.474. The van der Waals surface area contributed by atoms with E-state index in [1.807, 2.05) is 0 Å². The summed E-state index contributed by atoms with van der Waals surface area (Å²) in [5, 5.41) is 0.704. The SMILES string of the molecule is CC(=O)c1ccc2c(F)cccc2c1OCc1ccc(C(F)(F)F)nc1. The lowest BCUT2D eigenvalue weighted by atomic mass is 10.0. The normalized spacial score (nSPS) is 11.6. The minimum absolute atomic E-state index is 0.110. The van der Waals surface area contributed by atoms with Gasteiger partial charge in [-0.25, -0.2) is 4.39 Å². The number of hydrogen-bond donors (Lipinski definition) is 0. The number of carbonyl (C=O) groups is 1. The molecule has 0 unspecified atom stereocenters. The molecule has 2 aromatic carbocycles. The second-order valence-electron chi connectivity index (χ2n) is 5.67. The molecule has 0 bridgehead atoms. The average Bonchev–Trinajstić information content (AvgIpc) is 2.59. The molecule has 0 atom stereocenters. The molecule has 0 fully saturated rings. The van der Waals surface area contributed by atoms with Gasteiger partial charge in [-0.15, -0.1) is 0 Å². The van der Waals surface area contributed by atoms with Gasteiger partial charge in [-0.05, 0) is 25.1 Å². The molecule has 0 saturated carbocycles. The lowest BCUT2D eigenvalue weighted by Gasteiger charge is -2.14. The maximum atomic E-state index is 14.0. The van der Waals surface area contributed by atoms with Crippen molar-refractivity contribution in [1.29, 1.82) is 0 Å². The van der Waals surface area contributed by atoms with Crippen LogP contribution in [0.15, 0.2) is 48.7 Å². The summed E-state index contributed by atoms with van der Waals surface area (Å²) in [6.07, 6.45) is -3.46. The third-order valence-corrected chi connectivity index (χ3v) is 3.84. The molecule has 0 N–H and O–H groups in total. The number of pyridine rings is 1. The minimum atomic E-state index is -4.52. The van der Waals surface area contributed by atoms with Crippen molar-refractivity contribution in [2.45, 2.75) is 19.7 Å². The van der Waals surface area contributed by atoms with Crippen LogP contribution in [-0.2, 0) is 12.8 Å².